The molecule has 1 saturated heterocycles. The van der Waals surface area contributed by atoms with Crippen molar-refractivity contribution in [1.29, 1.82) is 0 Å². The molecule has 1 aromatic heterocycles. The summed E-state index contributed by atoms with van der Waals surface area (Å²) in [6.45, 7) is 4.03. The Bertz CT molecular complexity index is 431. The number of rotatable bonds is 6. The first kappa shape index (κ1) is 13.8. The predicted molar refractivity (Wildman–Crippen MR) is 80.9 cm³/mol. The summed E-state index contributed by atoms with van der Waals surface area (Å²) < 4.78 is 5.31. The molecule has 3 rings (SSSR count). The molecular formula is C16H25N3O. The summed E-state index contributed by atoms with van der Waals surface area (Å²) in [6.07, 6.45) is 7.13. The van der Waals surface area contributed by atoms with E-state index < -0.39 is 0 Å². The fraction of sp³-hybridized carbons (Fsp3) is 0.688. The summed E-state index contributed by atoms with van der Waals surface area (Å²) in [7, 11) is 1.80. The first-order valence-corrected chi connectivity index (χ1v) is 7.77. The first-order chi connectivity index (χ1) is 9.85. The largest absolute Gasteiger partial charge is 0.384 e. The van der Waals surface area contributed by atoms with Gasteiger partial charge in [-0.25, -0.2) is 0 Å². The van der Waals surface area contributed by atoms with E-state index >= 15 is 0 Å². The molecule has 1 aromatic rings. The van der Waals surface area contributed by atoms with Crippen molar-refractivity contribution >= 4 is 5.69 Å². The Morgan fingerprint density at radius 3 is 3.10 bits per heavy atom. The number of methoxy groups -OCH3 is 1. The van der Waals surface area contributed by atoms with Gasteiger partial charge in [-0.3, -0.25) is 4.98 Å². The van der Waals surface area contributed by atoms with Gasteiger partial charge >= 0.3 is 0 Å². The molecule has 1 aliphatic heterocycles. The van der Waals surface area contributed by atoms with Gasteiger partial charge in [0.25, 0.3) is 0 Å². The quantitative estimate of drug-likeness (QED) is 0.863. The first-order valence-electron chi connectivity index (χ1n) is 7.77. The van der Waals surface area contributed by atoms with E-state index in [9.17, 15) is 0 Å². The topological polar surface area (TPSA) is 37.4 Å². The van der Waals surface area contributed by atoms with E-state index in [-0.39, 0.29) is 0 Å². The minimum Gasteiger partial charge on any atom is -0.384 e. The highest BCUT2D eigenvalue weighted by atomic mass is 16.5. The molecule has 1 atom stereocenters. The monoisotopic (exact) mass is 275 g/mol. The lowest BCUT2D eigenvalue weighted by Gasteiger charge is -2.34. The lowest BCUT2D eigenvalue weighted by Crippen LogP contribution is -2.37. The van der Waals surface area contributed by atoms with Gasteiger partial charge in [0, 0.05) is 44.7 Å². The Morgan fingerprint density at radius 1 is 1.40 bits per heavy atom. The maximum atomic E-state index is 5.31. The molecule has 0 spiro atoms. The summed E-state index contributed by atoms with van der Waals surface area (Å²) >= 11 is 0. The van der Waals surface area contributed by atoms with Gasteiger partial charge in [0.05, 0.1) is 12.3 Å². The number of piperidine rings is 1. The van der Waals surface area contributed by atoms with Crippen LogP contribution in [0.2, 0.25) is 0 Å². The van der Waals surface area contributed by atoms with E-state index in [1.54, 1.807) is 7.11 Å². The Labute approximate surface area is 121 Å². The van der Waals surface area contributed by atoms with Crippen LogP contribution in [0, 0.1) is 5.92 Å². The second-order valence-corrected chi connectivity index (χ2v) is 6.07. The van der Waals surface area contributed by atoms with E-state index in [0.717, 1.165) is 38.0 Å². The highest BCUT2D eigenvalue weighted by Gasteiger charge is 2.22. The average Bonchev–Trinajstić information content (AvgIpc) is 3.30. The zero-order valence-electron chi connectivity index (χ0n) is 12.3. The Kier molecular flexibility index (Phi) is 4.53. The van der Waals surface area contributed by atoms with Crippen LogP contribution < -0.4 is 10.2 Å². The van der Waals surface area contributed by atoms with E-state index in [1.807, 2.05) is 6.20 Å². The highest BCUT2D eigenvalue weighted by molar-refractivity contribution is 5.47. The summed E-state index contributed by atoms with van der Waals surface area (Å²) in [5.74, 6) is 0.662. The van der Waals surface area contributed by atoms with E-state index in [0.29, 0.717) is 5.92 Å². The van der Waals surface area contributed by atoms with E-state index in [1.165, 1.54) is 31.4 Å². The second-order valence-electron chi connectivity index (χ2n) is 6.07. The number of anilines is 1. The Balaban J connectivity index is 1.61. The van der Waals surface area contributed by atoms with Gasteiger partial charge in [-0.1, -0.05) is 0 Å². The number of ether oxygens (including phenoxy) is 1. The minimum atomic E-state index is 0.662. The number of pyridine rings is 1. The molecule has 0 radical (unpaired) electrons. The van der Waals surface area contributed by atoms with Crippen molar-refractivity contribution in [2.24, 2.45) is 5.92 Å². The molecule has 2 fully saturated rings. The predicted octanol–water partition coefficient (Wildman–Crippen LogP) is 2.20. The third-order valence-corrected chi connectivity index (χ3v) is 4.24. The molecule has 0 amide bonds. The van der Waals surface area contributed by atoms with Crippen LogP contribution in [0.4, 0.5) is 5.69 Å². The van der Waals surface area contributed by atoms with Gasteiger partial charge in [0.2, 0.25) is 0 Å². The minimum absolute atomic E-state index is 0.662. The van der Waals surface area contributed by atoms with Crippen LogP contribution >= 0.6 is 0 Å². The number of hydrogen-bond donors (Lipinski definition) is 1. The van der Waals surface area contributed by atoms with Gasteiger partial charge in [-0.05, 0) is 43.7 Å². The molecule has 4 heteroatoms. The van der Waals surface area contributed by atoms with Gasteiger partial charge in [-0.15, -0.1) is 0 Å². The third kappa shape index (κ3) is 3.70. The molecule has 20 heavy (non-hydrogen) atoms. The maximum absolute atomic E-state index is 5.31. The summed E-state index contributed by atoms with van der Waals surface area (Å²) in [6, 6.07) is 5.11. The van der Waals surface area contributed by atoms with Crippen LogP contribution in [0.15, 0.2) is 18.3 Å². The molecule has 0 aromatic carbocycles. The fourth-order valence-electron chi connectivity index (χ4n) is 2.97. The Morgan fingerprint density at radius 2 is 2.30 bits per heavy atom. The van der Waals surface area contributed by atoms with Crippen LogP contribution in [0.5, 0.6) is 0 Å². The molecule has 1 unspecified atom stereocenters. The maximum Gasteiger partial charge on any atom is 0.0562 e. The lowest BCUT2D eigenvalue weighted by molar-refractivity contribution is 0.143. The normalized spacial score (nSPS) is 23.1. The third-order valence-electron chi connectivity index (χ3n) is 4.24. The molecule has 1 saturated carbocycles. The Hall–Kier alpha value is -1.13. The van der Waals surface area contributed by atoms with Crippen molar-refractivity contribution in [3.63, 3.8) is 0 Å². The smallest absolute Gasteiger partial charge is 0.0562 e. The van der Waals surface area contributed by atoms with Crippen molar-refractivity contribution in [2.75, 3.05) is 31.7 Å². The molecule has 1 aliphatic carbocycles. The SMILES string of the molecule is COCC1CCCN(c2ccnc(CNC3CC3)c2)C1. The van der Waals surface area contributed by atoms with Gasteiger partial charge in [0.15, 0.2) is 0 Å². The summed E-state index contributed by atoms with van der Waals surface area (Å²) in [5, 5.41) is 3.53. The van der Waals surface area contributed by atoms with Crippen LogP contribution in [-0.2, 0) is 11.3 Å². The van der Waals surface area contributed by atoms with Crippen molar-refractivity contribution < 1.29 is 4.74 Å². The number of nitrogens with zero attached hydrogens (tertiary/aromatic N) is 2. The van der Waals surface area contributed by atoms with Crippen molar-refractivity contribution in [3.8, 4) is 0 Å². The molecule has 0 bridgehead atoms. The molecule has 110 valence electrons. The van der Waals surface area contributed by atoms with Crippen LogP contribution in [0.25, 0.3) is 0 Å². The van der Waals surface area contributed by atoms with Crippen molar-refractivity contribution in [1.82, 2.24) is 10.3 Å². The summed E-state index contributed by atoms with van der Waals surface area (Å²) in [4.78, 5) is 6.96. The van der Waals surface area contributed by atoms with Crippen LogP contribution in [0.1, 0.15) is 31.4 Å². The van der Waals surface area contributed by atoms with Gasteiger partial charge in [0.1, 0.15) is 0 Å². The molecule has 4 nitrogen and oxygen atoms in total. The van der Waals surface area contributed by atoms with Gasteiger partial charge < -0.3 is 15.0 Å². The van der Waals surface area contributed by atoms with Crippen LogP contribution in [-0.4, -0.2) is 37.8 Å². The lowest BCUT2D eigenvalue weighted by atomic mass is 9.98. The van der Waals surface area contributed by atoms with Gasteiger partial charge in [-0.2, -0.15) is 0 Å². The fourth-order valence-corrected chi connectivity index (χ4v) is 2.97. The zero-order chi connectivity index (χ0) is 13.8. The van der Waals surface area contributed by atoms with Crippen LogP contribution in [0.3, 0.4) is 0 Å². The molecular weight excluding hydrogens is 250 g/mol. The number of nitrogens with one attached hydrogen (secondary N) is 1. The van der Waals surface area contributed by atoms with E-state index in [4.69, 9.17) is 4.74 Å². The van der Waals surface area contributed by atoms with Crippen molar-refractivity contribution in [3.05, 3.63) is 24.0 Å². The van der Waals surface area contributed by atoms with E-state index in [2.05, 4.69) is 27.3 Å². The average molecular weight is 275 g/mol. The molecule has 1 N–H and O–H groups in total. The highest BCUT2D eigenvalue weighted by Crippen LogP contribution is 2.24. The molecule has 2 heterocycles. The standard InChI is InChI=1S/C16H25N3O/c1-20-12-13-3-2-8-19(11-13)16-6-7-17-15(9-16)10-18-14-4-5-14/h6-7,9,13-14,18H,2-5,8,10-12H2,1H3. The second kappa shape index (κ2) is 6.55. The zero-order valence-corrected chi connectivity index (χ0v) is 12.3. The van der Waals surface area contributed by atoms with Crippen molar-refractivity contribution in [2.45, 2.75) is 38.3 Å². The molecule has 2 aliphatic rings. The number of hydrogen-bond acceptors (Lipinski definition) is 4. The summed E-state index contributed by atoms with van der Waals surface area (Å²) in [5.41, 5.74) is 2.47. The number of aromatic nitrogens is 1.